The fourth-order valence-corrected chi connectivity index (χ4v) is 10.7. The second-order valence-electron chi connectivity index (χ2n) is 20.7. The van der Waals surface area contributed by atoms with Gasteiger partial charge in [0.1, 0.15) is 35.4 Å². The molecule has 1 aliphatic rings. The number of unbranched alkanes of at least 4 members (excludes halogenated alkanes) is 1. The predicted octanol–water partition coefficient (Wildman–Crippen LogP) is 6.41. The molecular weight excluding hydrogens is 975 g/mol. The number of benzene rings is 4. The summed E-state index contributed by atoms with van der Waals surface area (Å²) in [5.74, 6) is -5.32. The van der Waals surface area contributed by atoms with Crippen molar-refractivity contribution in [2.75, 3.05) is 18.8 Å². The van der Waals surface area contributed by atoms with E-state index in [0.29, 0.717) is 42.3 Å². The summed E-state index contributed by atoms with van der Waals surface area (Å²) in [6.45, 7) is 10.7. The maximum atomic E-state index is 15.5. The van der Waals surface area contributed by atoms with Crippen molar-refractivity contribution in [3.8, 4) is 0 Å². The Morgan fingerprint density at radius 2 is 1.21 bits per heavy atom. The van der Waals surface area contributed by atoms with E-state index >= 15 is 4.79 Å². The van der Waals surface area contributed by atoms with Crippen molar-refractivity contribution in [3.63, 3.8) is 0 Å². The molecule has 0 aliphatic carbocycles. The van der Waals surface area contributed by atoms with Crippen LogP contribution in [0.3, 0.4) is 0 Å². The monoisotopic (exact) mass is 1050 g/mol. The molecule has 5 atom stereocenters. The van der Waals surface area contributed by atoms with Gasteiger partial charge in [0.2, 0.25) is 23.6 Å². The lowest BCUT2D eigenvalue weighted by atomic mass is 9.84. The number of esters is 1. The number of aliphatic carboxylic acids is 1. The van der Waals surface area contributed by atoms with Crippen LogP contribution in [0.25, 0.3) is 10.9 Å². The number of amides is 4. The van der Waals surface area contributed by atoms with Crippen LogP contribution >= 0.6 is 11.8 Å². The van der Waals surface area contributed by atoms with E-state index in [4.69, 9.17) is 20.9 Å². The van der Waals surface area contributed by atoms with Gasteiger partial charge < -0.3 is 46.9 Å². The number of nitrogens with two attached hydrogens (primary N) is 2. The lowest BCUT2D eigenvalue weighted by Gasteiger charge is -2.37. The van der Waals surface area contributed by atoms with Crippen molar-refractivity contribution in [2.24, 2.45) is 11.5 Å². The molecule has 4 amide bonds. The number of carboxylic acid groups (broad SMARTS) is 1. The summed E-state index contributed by atoms with van der Waals surface area (Å²) in [5.41, 5.74) is 13.7. The summed E-state index contributed by atoms with van der Waals surface area (Å²) in [5, 5.41) is 19.2. The first-order chi connectivity index (χ1) is 35.6. The number of para-hydroxylation sites is 1. The Labute approximate surface area is 442 Å². The topological polar surface area (TPSA) is 254 Å². The van der Waals surface area contributed by atoms with Crippen molar-refractivity contribution in [1.29, 1.82) is 0 Å². The zero-order valence-electron chi connectivity index (χ0n) is 43.6. The highest BCUT2D eigenvalue weighted by molar-refractivity contribution is 8.00. The van der Waals surface area contributed by atoms with Gasteiger partial charge in [0.25, 0.3) is 0 Å². The molecule has 5 aromatic rings. The third-order valence-corrected chi connectivity index (χ3v) is 14.3. The van der Waals surface area contributed by atoms with Gasteiger partial charge in [0, 0.05) is 30.3 Å². The van der Waals surface area contributed by atoms with E-state index in [1.807, 2.05) is 91.0 Å². The molecule has 18 heteroatoms. The van der Waals surface area contributed by atoms with Crippen molar-refractivity contribution < 1.29 is 48.1 Å². The standard InChI is InChI=1S/C57H71N7O10S/c1-55(2,3)73-48(65)34-43(60-49(66)42(59)28-18-19-31-58)50(67)62-45(36-75-57(38-21-10-7-11-22-38,39-23-12-8-13-24-39)40-25-14-9-15-26-40)51(68)61-44(52(69)63-32-20-30-47(63)53(70)71)33-37-35-64(54(72)74-56(4,5)6)46-29-17-16-27-41(37)46/h7-17,21-27,29,35,42-45,47H,18-20,28,30-34,36,58-59H2,1-6H3,(H,60,66)(H,61,68)(H,62,67)(H,70,71)/t42-,43-,44-,45-,47-/m0/s1. The highest BCUT2D eigenvalue weighted by Gasteiger charge is 2.42. The number of nitrogens with one attached hydrogen (secondary N) is 3. The van der Waals surface area contributed by atoms with Crippen LogP contribution in [0.15, 0.2) is 121 Å². The van der Waals surface area contributed by atoms with E-state index in [-0.39, 0.29) is 31.6 Å². The number of fused-ring (bicyclic) bond motifs is 1. The lowest BCUT2D eigenvalue weighted by molar-refractivity contribution is -0.156. The largest absolute Gasteiger partial charge is 0.480 e. The number of carbonyl (C=O) groups is 7. The Hall–Kier alpha value is -7.02. The first-order valence-corrected chi connectivity index (χ1v) is 26.3. The molecule has 4 aromatic carbocycles. The molecule has 0 spiro atoms. The van der Waals surface area contributed by atoms with Crippen molar-refractivity contribution in [3.05, 3.63) is 144 Å². The molecule has 0 radical (unpaired) electrons. The van der Waals surface area contributed by atoms with Gasteiger partial charge in [-0.05, 0) is 102 Å². The number of rotatable bonds is 22. The van der Waals surface area contributed by atoms with Crippen LogP contribution in [-0.4, -0.2) is 116 Å². The minimum Gasteiger partial charge on any atom is -0.480 e. The fourth-order valence-electron chi connectivity index (χ4n) is 9.16. The third-order valence-electron chi connectivity index (χ3n) is 12.6. The maximum Gasteiger partial charge on any atom is 0.419 e. The first kappa shape index (κ1) is 57.3. The van der Waals surface area contributed by atoms with Gasteiger partial charge in [-0.15, -0.1) is 11.8 Å². The molecule has 2 heterocycles. The minimum atomic E-state index is -1.58. The minimum absolute atomic E-state index is 0.103. The van der Waals surface area contributed by atoms with Crippen LogP contribution < -0.4 is 27.4 Å². The summed E-state index contributed by atoms with van der Waals surface area (Å²) in [4.78, 5) is 99.9. The van der Waals surface area contributed by atoms with Crippen molar-refractivity contribution >= 4 is 64.3 Å². The Morgan fingerprint density at radius 1 is 0.693 bits per heavy atom. The van der Waals surface area contributed by atoms with Crippen LogP contribution in [-0.2, 0) is 49.4 Å². The number of carboxylic acids is 1. The van der Waals surface area contributed by atoms with Gasteiger partial charge in [0.05, 0.1) is 22.7 Å². The summed E-state index contributed by atoms with van der Waals surface area (Å²) >= 11 is 1.34. The number of carbonyl (C=O) groups excluding carboxylic acids is 6. The number of aromatic nitrogens is 1. The molecule has 1 aliphatic heterocycles. The van der Waals surface area contributed by atoms with E-state index in [9.17, 15) is 33.9 Å². The van der Waals surface area contributed by atoms with Gasteiger partial charge in [-0.25, -0.2) is 9.59 Å². The van der Waals surface area contributed by atoms with Crippen LogP contribution in [0.1, 0.15) is 102 Å². The Bertz CT molecular complexity index is 2680. The number of hydrogen-bond acceptors (Lipinski definition) is 12. The van der Waals surface area contributed by atoms with Gasteiger partial charge in [0.15, 0.2) is 0 Å². The summed E-state index contributed by atoms with van der Waals surface area (Å²) in [6.07, 6.45) is 2.01. The van der Waals surface area contributed by atoms with Crippen molar-refractivity contribution in [2.45, 2.75) is 133 Å². The Balaban J connectivity index is 1.46. The number of thioether (sulfide) groups is 1. The van der Waals surface area contributed by atoms with Gasteiger partial charge in [-0.2, -0.15) is 0 Å². The SMILES string of the molecule is CC(C)(C)OC(=O)C[C@H](NC(=O)[C@@H](N)CCCCN)C(=O)N[C@@H](CSC(c1ccccc1)(c1ccccc1)c1ccccc1)C(=O)N[C@@H](Cc1cn(C(=O)OC(C)(C)C)c2ccccc12)C(=O)N1CCC[C@H]1C(=O)O. The molecule has 0 bridgehead atoms. The molecule has 1 aromatic heterocycles. The molecule has 6 rings (SSSR count). The summed E-state index contributed by atoms with van der Waals surface area (Å²) < 4.78 is 11.6. The third kappa shape index (κ3) is 15.1. The number of hydrogen-bond donors (Lipinski definition) is 6. The van der Waals surface area contributed by atoms with Crippen LogP contribution in [0, 0.1) is 0 Å². The average Bonchev–Trinajstić information content (AvgIpc) is 4.02. The summed E-state index contributed by atoms with van der Waals surface area (Å²) in [7, 11) is 0. The Kier molecular flexibility index (Phi) is 19.5. The van der Waals surface area contributed by atoms with Gasteiger partial charge >= 0.3 is 18.0 Å². The fraction of sp³-hybridized carbons (Fsp3) is 0.421. The molecule has 8 N–H and O–H groups in total. The predicted molar refractivity (Wildman–Crippen MR) is 288 cm³/mol. The quantitative estimate of drug-likeness (QED) is 0.0249. The molecule has 1 saturated heterocycles. The van der Waals surface area contributed by atoms with Crippen LogP contribution in [0.5, 0.6) is 0 Å². The van der Waals surface area contributed by atoms with E-state index in [1.165, 1.54) is 27.4 Å². The molecule has 17 nitrogen and oxygen atoms in total. The normalized spacial score (nSPS) is 15.5. The van der Waals surface area contributed by atoms with E-state index < -0.39 is 94.2 Å². The first-order valence-electron chi connectivity index (χ1n) is 25.4. The van der Waals surface area contributed by atoms with E-state index in [0.717, 1.165) is 16.7 Å². The van der Waals surface area contributed by atoms with E-state index in [2.05, 4.69) is 16.0 Å². The average molecular weight is 1050 g/mol. The molecular formula is C57H71N7O10S. The van der Waals surface area contributed by atoms with Crippen molar-refractivity contribution in [1.82, 2.24) is 25.4 Å². The number of ether oxygens (including phenoxy) is 2. The van der Waals surface area contributed by atoms with E-state index in [1.54, 1.807) is 65.8 Å². The maximum absolute atomic E-state index is 15.5. The van der Waals surface area contributed by atoms with Crippen LogP contribution in [0.2, 0.25) is 0 Å². The van der Waals surface area contributed by atoms with Gasteiger partial charge in [-0.3, -0.25) is 28.5 Å². The van der Waals surface area contributed by atoms with Gasteiger partial charge in [-0.1, -0.05) is 116 Å². The lowest BCUT2D eigenvalue weighted by Crippen LogP contribution is -2.60. The number of likely N-dealkylation sites (tertiary alicyclic amines) is 1. The van der Waals surface area contributed by atoms with Crippen LogP contribution in [0.4, 0.5) is 4.79 Å². The highest BCUT2D eigenvalue weighted by atomic mass is 32.2. The molecule has 0 saturated carbocycles. The molecule has 75 heavy (non-hydrogen) atoms. The zero-order chi connectivity index (χ0) is 54.5. The smallest absolute Gasteiger partial charge is 0.419 e. The zero-order valence-corrected chi connectivity index (χ0v) is 44.4. The highest BCUT2D eigenvalue weighted by Crippen LogP contribution is 2.48. The Morgan fingerprint density at radius 3 is 1.76 bits per heavy atom. The molecule has 0 unspecified atom stereocenters. The summed E-state index contributed by atoms with van der Waals surface area (Å²) in [6, 6.07) is 29.2. The molecule has 400 valence electrons. The number of nitrogens with zero attached hydrogens (tertiary/aromatic N) is 2. The second-order valence-corrected chi connectivity index (χ2v) is 21.9. The second kappa shape index (κ2) is 25.5. The molecule has 1 fully saturated rings.